The molecule has 0 fully saturated rings. The van der Waals surface area contributed by atoms with Gasteiger partial charge in [-0.2, -0.15) is 0 Å². The Morgan fingerprint density at radius 2 is 1.14 bits per heavy atom. The van der Waals surface area contributed by atoms with Crippen LogP contribution in [0.4, 0.5) is 17.1 Å². The normalized spacial score (nSPS) is 12.0. The topological polar surface area (TPSA) is 21.3 Å². The quantitative estimate of drug-likeness (QED) is 0.188. The van der Waals surface area contributed by atoms with E-state index in [0.717, 1.165) is 50.2 Å². The van der Waals surface area contributed by atoms with Gasteiger partial charge in [0.05, 0.1) is 27.8 Å². The highest BCUT2D eigenvalue weighted by Gasteiger charge is 2.24. The van der Waals surface area contributed by atoms with Crippen molar-refractivity contribution in [2.45, 2.75) is 0 Å². The molecule has 234 valence electrons. The predicted octanol–water partition coefficient (Wildman–Crippen LogP) is 13.7. The first-order valence-corrected chi connectivity index (χ1v) is 17.8. The van der Waals surface area contributed by atoms with Crippen LogP contribution in [-0.4, -0.2) is 4.57 Å². The summed E-state index contributed by atoms with van der Waals surface area (Å²) in [6, 6.07) is 61.2. The van der Waals surface area contributed by atoms with Crippen LogP contribution in [0.2, 0.25) is 0 Å². The molecule has 8 aromatic carbocycles. The number of para-hydroxylation sites is 3. The van der Waals surface area contributed by atoms with E-state index in [2.05, 4.69) is 173 Å². The number of anilines is 3. The maximum absolute atomic E-state index is 6.46. The molecular formula is C46H28N2OS. The fourth-order valence-electron chi connectivity index (χ4n) is 8.07. The average Bonchev–Trinajstić information content (AvgIpc) is 3.85. The molecule has 0 aliphatic rings. The number of benzene rings is 8. The Bertz CT molecular complexity index is 3110. The lowest BCUT2D eigenvalue weighted by molar-refractivity contribution is 0.669. The van der Waals surface area contributed by atoms with Gasteiger partial charge in [0.15, 0.2) is 0 Å². The molecule has 11 rings (SSSR count). The standard InChI is InChI=1S/C46H28N2OS/c1-2-12-30(13-3-1)47-36-17-7-4-14-33(36)45-37(47)18-10-19-38(45)48(39-20-11-22-41-46(39)34-15-5-8-21-40(34)49-41)31-25-26-32-29(28-31)24-27-43-44(32)35-16-6-9-23-42(35)50-43/h1-28H. The molecule has 4 heteroatoms. The zero-order valence-electron chi connectivity index (χ0n) is 26.9. The minimum atomic E-state index is 0.875. The largest absolute Gasteiger partial charge is 0.456 e. The number of aromatic nitrogens is 1. The van der Waals surface area contributed by atoms with Crippen LogP contribution >= 0.6 is 11.3 Å². The summed E-state index contributed by atoms with van der Waals surface area (Å²) in [6.45, 7) is 0. The number of thiophene rings is 1. The van der Waals surface area contributed by atoms with Crippen molar-refractivity contribution in [3.8, 4) is 5.69 Å². The highest BCUT2D eigenvalue weighted by Crippen LogP contribution is 2.48. The van der Waals surface area contributed by atoms with Crippen LogP contribution in [-0.2, 0) is 0 Å². The van der Waals surface area contributed by atoms with Gasteiger partial charge in [0.1, 0.15) is 11.2 Å². The van der Waals surface area contributed by atoms with Crippen LogP contribution in [0.5, 0.6) is 0 Å². The molecule has 0 unspecified atom stereocenters. The van der Waals surface area contributed by atoms with Crippen molar-refractivity contribution in [3.63, 3.8) is 0 Å². The highest BCUT2D eigenvalue weighted by atomic mass is 32.1. The van der Waals surface area contributed by atoms with E-state index in [0.29, 0.717) is 0 Å². The molecule has 0 saturated carbocycles. The SMILES string of the molecule is c1ccc(-n2c3ccccc3c3c(N(c4ccc5c(ccc6sc7ccccc7c65)c4)c4cccc5oc6ccccc6c45)cccc32)cc1. The number of hydrogen-bond acceptors (Lipinski definition) is 3. The van der Waals surface area contributed by atoms with Crippen LogP contribution in [0.25, 0.3) is 80.4 Å². The molecule has 0 aliphatic heterocycles. The van der Waals surface area contributed by atoms with Gasteiger partial charge in [0.25, 0.3) is 0 Å². The monoisotopic (exact) mass is 656 g/mol. The third-order valence-corrected chi connectivity index (χ3v) is 11.3. The minimum absolute atomic E-state index is 0.875. The minimum Gasteiger partial charge on any atom is -0.456 e. The summed E-state index contributed by atoms with van der Waals surface area (Å²) in [5.74, 6) is 0. The maximum atomic E-state index is 6.46. The van der Waals surface area contributed by atoms with Gasteiger partial charge >= 0.3 is 0 Å². The molecule has 0 spiro atoms. The van der Waals surface area contributed by atoms with Crippen molar-refractivity contribution in [2.75, 3.05) is 4.90 Å². The Balaban J connectivity index is 1.26. The van der Waals surface area contributed by atoms with Crippen molar-refractivity contribution < 1.29 is 4.42 Å². The number of nitrogens with zero attached hydrogens (tertiary/aromatic N) is 2. The van der Waals surface area contributed by atoms with Crippen molar-refractivity contribution in [3.05, 3.63) is 170 Å². The van der Waals surface area contributed by atoms with E-state index in [-0.39, 0.29) is 0 Å². The third kappa shape index (κ3) is 3.91. The van der Waals surface area contributed by atoms with Gasteiger partial charge in [-0.25, -0.2) is 0 Å². The molecule has 0 saturated heterocycles. The molecule has 0 aliphatic carbocycles. The summed E-state index contributed by atoms with van der Waals surface area (Å²) in [6.07, 6.45) is 0. The first kappa shape index (κ1) is 27.6. The average molecular weight is 657 g/mol. The number of hydrogen-bond donors (Lipinski definition) is 0. The smallest absolute Gasteiger partial charge is 0.137 e. The van der Waals surface area contributed by atoms with Gasteiger partial charge in [-0.15, -0.1) is 11.3 Å². The molecule has 50 heavy (non-hydrogen) atoms. The zero-order chi connectivity index (χ0) is 32.8. The highest BCUT2D eigenvalue weighted by molar-refractivity contribution is 7.26. The van der Waals surface area contributed by atoms with E-state index in [1.807, 2.05) is 17.4 Å². The Hall–Kier alpha value is -6.36. The first-order valence-electron chi connectivity index (χ1n) is 16.9. The molecule has 11 aromatic rings. The van der Waals surface area contributed by atoms with Crippen LogP contribution in [0.15, 0.2) is 174 Å². The molecule has 3 nitrogen and oxygen atoms in total. The number of rotatable bonds is 4. The molecule has 0 atom stereocenters. The van der Waals surface area contributed by atoms with Gasteiger partial charge in [0.2, 0.25) is 0 Å². The third-order valence-electron chi connectivity index (χ3n) is 10.2. The summed E-state index contributed by atoms with van der Waals surface area (Å²) in [4.78, 5) is 2.45. The van der Waals surface area contributed by atoms with Crippen LogP contribution in [0.3, 0.4) is 0 Å². The number of furan rings is 1. The van der Waals surface area contributed by atoms with Crippen LogP contribution in [0.1, 0.15) is 0 Å². The molecule has 3 heterocycles. The number of fused-ring (bicyclic) bond motifs is 11. The summed E-state index contributed by atoms with van der Waals surface area (Å²) >= 11 is 1.86. The Morgan fingerprint density at radius 3 is 2.04 bits per heavy atom. The van der Waals surface area contributed by atoms with Gasteiger partial charge in [-0.05, 0) is 83.6 Å². The Kier molecular flexibility index (Phi) is 5.83. The Morgan fingerprint density at radius 1 is 0.440 bits per heavy atom. The van der Waals surface area contributed by atoms with Crippen molar-refractivity contribution in [1.29, 1.82) is 0 Å². The van der Waals surface area contributed by atoms with E-state index in [9.17, 15) is 0 Å². The lowest BCUT2D eigenvalue weighted by Gasteiger charge is -2.27. The molecule has 0 N–H and O–H groups in total. The summed E-state index contributed by atoms with van der Waals surface area (Å²) in [7, 11) is 0. The van der Waals surface area contributed by atoms with E-state index in [1.54, 1.807) is 0 Å². The molecule has 0 radical (unpaired) electrons. The molecule has 3 aromatic heterocycles. The second kappa shape index (κ2) is 10.6. The van der Waals surface area contributed by atoms with Crippen LogP contribution < -0.4 is 4.90 Å². The molecular weight excluding hydrogens is 629 g/mol. The summed E-state index contributed by atoms with van der Waals surface area (Å²) < 4.78 is 11.5. The van der Waals surface area contributed by atoms with E-state index < -0.39 is 0 Å². The van der Waals surface area contributed by atoms with Gasteiger partial charge in [-0.1, -0.05) is 97.1 Å². The fourth-order valence-corrected chi connectivity index (χ4v) is 9.19. The lowest BCUT2D eigenvalue weighted by atomic mass is 10.0. The van der Waals surface area contributed by atoms with Crippen molar-refractivity contribution >= 4 is 103 Å². The summed E-state index contributed by atoms with van der Waals surface area (Å²) in [5, 5.41) is 9.76. The van der Waals surface area contributed by atoms with Crippen molar-refractivity contribution in [2.24, 2.45) is 0 Å². The maximum Gasteiger partial charge on any atom is 0.137 e. The first-order chi connectivity index (χ1) is 24.8. The Labute approximate surface area is 291 Å². The lowest BCUT2D eigenvalue weighted by Crippen LogP contribution is -2.11. The van der Waals surface area contributed by atoms with E-state index in [4.69, 9.17) is 4.42 Å². The van der Waals surface area contributed by atoms with Crippen molar-refractivity contribution in [1.82, 2.24) is 4.57 Å². The van der Waals surface area contributed by atoms with Crippen LogP contribution in [0, 0.1) is 0 Å². The second-order valence-corrected chi connectivity index (χ2v) is 14.0. The van der Waals surface area contributed by atoms with Gasteiger partial charge in [0, 0.05) is 47.7 Å². The van der Waals surface area contributed by atoms with E-state index in [1.165, 1.54) is 47.2 Å². The van der Waals surface area contributed by atoms with Gasteiger partial charge < -0.3 is 13.9 Å². The second-order valence-electron chi connectivity index (χ2n) is 12.9. The fraction of sp³-hybridized carbons (Fsp3) is 0. The molecule has 0 bridgehead atoms. The predicted molar refractivity (Wildman–Crippen MR) is 213 cm³/mol. The molecule has 0 amide bonds. The zero-order valence-corrected chi connectivity index (χ0v) is 27.7. The van der Waals surface area contributed by atoms with Gasteiger partial charge in [-0.3, -0.25) is 0 Å². The summed E-state index contributed by atoms with van der Waals surface area (Å²) in [5.41, 5.74) is 8.54. The van der Waals surface area contributed by atoms with E-state index >= 15 is 0 Å².